The van der Waals surface area contributed by atoms with Crippen LogP contribution in [0.5, 0.6) is 0 Å². The first-order chi connectivity index (χ1) is 5.91. The van der Waals surface area contributed by atoms with Crippen molar-refractivity contribution in [1.29, 1.82) is 0 Å². The van der Waals surface area contributed by atoms with Crippen molar-refractivity contribution < 1.29 is 9.53 Å². The lowest BCUT2D eigenvalue weighted by Gasteiger charge is -2.35. The van der Waals surface area contributed by atoms with Crippen molar-refractivity contribution >= 4 is 5.91 Å². The van der Waals surface area contributed by atoms with E-state index in [-0.39, 0.29) is 12.0 Å². The standard InChI is InChI=1S/C9H18N2O2/c1-7-6-11(4-5-13-7)8(12)9(2,3)10/h7H,4-6,10H2,1-3H3. The average Bonchev–Trinajstić information content (AvgIpc) is 2.01. The molecule has 4 nitrogen and oxygen atoms in total. The predicted molar refractivity (Wildman–Crippen MR) is 50.3 cm³/mol. The van der Waals surface area contributed by atoms with Crippen LogP contribution in [-0.2, 0) is 9.53 Å². The SMILES string of the molecule is CC1CN(C(=O)C(C)(C)N)CCO1. The first kappa shape index (κ1) is 10.5. The van der Waals surface area contributed by atoms with E-state index in [1.807, 2.05) is 6.92 Å². The van der Waals surface area contributed by atoms with Gasteiger partial charge in [-0.05, 0) is 20.8 Å². The fourth-order valence-electron chi connectivity index (χ4n) is 1.41. The number of hydrogen-bond acceptors (Lipinski definition) is 3. The third-order valence-electron chi connectivity index (χ3n) is 2.08. The van der Waals surface area contributed by atoms with Gasteiger partial charge in [0.15, 0.2) is 0 Å². The quantitative estimate of drug-likeness (QED) is 0.625. The minimum atomic E-state index is -0.767. The number of ether oxygens (including phenoxy) is 1. The van der Waals surface area contributed by atoms with Crippen LogP contribution >= 0.6 is 0 Å². The highest BCUT2D eigenvalue weighted by atomic mass is 16.5. The van der Waals surface area contributed by atoms with E-state index in [1.54, 1.807) is 18.7 Å². The van der Waals surface area contributed by atoms with Crippen molar-refractivity contribution in [2.75, 3.05) is 19.7 Å². The van der Waals surface area contributed by atoms with Crippen molar-refractivity contribution in [3.63, 3.8) is 0 Å². The highest BCUT2D eigenvalue weighted by molar-refractivity contribution is 5.85. The molecule has 0 aromatic rings. The molecule has 0 spiro atoms. The second-order valence-electron chi connectivity index (χ2n) is 4.15. The van der Waals surface area contributed by atoms with Gasteiger partial charge in [0.1, 0.15) is 0 Å². The van der Waals surface area contributed by atoms with Crippen LogP contribution in [0, 0.1) is 0 Å². The second-order valence-corrected chi connectivity index (χ2v) is 4.15. The molecule has 1 aliphatic heterocycles. The number of rotatable bonds is 1. The van der Waals surface area contributed by atoms with Gasteiger partial charge >= 0.3 is 0 Å². The van der Waals surface area contributed by atoms with Crippen molar-refractivity contribution in [2.24, 2.45) is 5.73 Å². The van der Waals surface area contributed by atoms with Crippen LogP contribution in [0.1, 0.15) is 20.8 Å². The molecule has 1 rings (SSSR count). The maximum Gasteiger partial charge on any atom is 0.242 e. The van der Waals surface area contributed by atoms with Gasteiger partial charge in [-0.2, -0.15) is 0 Å². The lowest BCUT2D eigenvalue weighted by molar-refractivity contribution is -0.142. The summed E-state index contributed by atoms with van der Waals surface area (Å²) in [6.07, 6.45) is 0.125. The molecule has 0 aromatic carbocycles. The highest BCUT2D eigenvalue weighted by Crippen LogP contribution is 2.10. The molecule has 2 N–H and O–H groups in total. The molecule has 1 unspecified atom stereocenters. The number of hydrogen-bond donors (Lipinski definition) is 1. The molecule has 1 fully saturated rings. The van der Waals surface area contributed by atoms with Crippen LogP contribution in [-0.4, -0.2) is 42.1 Å². The summed E-state index contributed by atoms with van der Waals surface area (Å²) in [6, 6.07) is 0. The minimum Gasteiger partial charge on any atom is -0.375 e. The molecule has 0 aromatic heterocycles. The van der Waals surface area contributed by atoms with E-state index in [9.17, 15) is 4.79 Å². The molecule has 0 radical (unpaired) electrons. The van der Waals surface area contributed by atoms with E-state index in [0.717, 1.165) is 0 Å². The Kier molecular flexibility index (Phi) is 2.93. The molecule has 1 amide bonds. The van der Waals surface area contributed by atoms with Gasteiger partial charge in [0.05, 0.1) is 18.2 Å². The summed E-state index contributed by atoms with van der Waals surface area (Å²) < 4.78 is 5.34. The third-order valence-corrected chi connectivity index (χ3v) is 2.08. The maximum atomic E-state index is 11.7. The van der Waals surface area contributed by atoms with E-state index >= 15 is 0 Å². The molecule has 76 valence electrons. The average molecular weight is 186 g/mol. The zero-order chi connectivity index (χ0) is 10.1. The first-order valence-electron chi connectivity index (χ1n) is 4.61. The lowest BCUT2D eigenvalue weighted by atomic mass is 10.0. The van der Waals surface area contributed by atoms with Crippen molar-refractivity contribution in [1.82, 2.24) is 4.90 Å². The number of nitrogens with zero attached hydrogens (tertiary/aromatic N) is 1. The summed E-state index contributed by atoms with van der Waals surface area (Å²) in [5.41, 5.74) is 4.96. The summed E-state index contributed by atoms with van der Waals surface area (Å²) >= 11 is 0. The number of morpholine rings is 1. The van der Waals surface area contributed by atoms with Crippen LogP contribution in [0.3, 0.4) is 0 Å². The summed E-state index contributed by atoms with van der Waals surface area (Å²) in [7, 11) is 0. The molecule has 4 heteroatoms. The van der Waals surface area contributed by atoms with Crippen molar-refractivity contribution in [3.8, 4) is 0 Å². The number of carbonyl (C=O) groups excluding carboxylic acids is 1. The Morgan fingerprint density at radius 2 is 2.23 bits per heavy atom. The van der Waals surface area contributed by atoms with Gasteiger partial charge < -0.3 is 15.4 Å². The first-order valence-corrected chi connectivity index (χ1v) is 4.61. The normalized spacial score (nSPS) is 24.6. The van der Waals surface area contributed by atoms with Crippen LogP contribution in [0.25, 0.3) is 0 Å². The fourth-order valence-corrected chi connectivity index (χ4v) is 1.41. The molecule has 1 saturated heterocycles. The summed E-state index contributed by atoms with van der Waals surface area (Å²) in [4.78, 5) is 13.5. The summed E-state index contributed by atoms with van der Waals surface area (Å²) in [5, 5.41) is 0. The second kappa shape index (κ2) is 3.64. The molecule has 1 heterocycles. The third kappa shape index (κ3) is 2.67. The van der Waals surface area contributed by atoms with Crippen LogP contribution in [0.15, 0.2) is 0 Å². The van der Waals surface area contributed by atoms with E-state index in [4.69, 9.17) is 10.5 Å². The topological polar surface area (TPSA) is 55.6 Å². The zero-order valence-corrected chi connectivity index (χ0v) is 8.54. The Hall–Kier alpha value is -0.610. The highest BCUT2D eigenvalue weighted by Gasteiger charge is 2.30. The summed E-state index contributed by atoms with van der Waals surface area (Å²) in [5.74, 6) is 0.00245. The minimum absolute atomic E-state index is 0.00245. The smallest absolute Gasteiger partial charge is 0.242 e. The van der Waals surface area contributed by atoms with Gasteiger partial charge in [0.2, 0.25) is 5.91 Å². The largest absolute Gasteiger partial charge is 0.375 e. The van der Waals surface area contributed by atoms with Gasteiger partial charge in [-0.15, -0.1) is 0 Å². The molecular weight excluding hydrogens is 168 g/mol. The van der Waals surface area contributed by atoms with E-state index in [0.29, 0.717) is 19.7 Å². The molecule has 1 aliphatic rings. The predicted octanol–water partition coefficient (Wildman–Crippen LogP) is -0.0290. The van der Waals surface area contributed by atoms with Crippen LogP contribution in [0.2, 0.25) is 0 Å². The molecule has 0 bridgehead atoms. The van der Waals surface area contributed by atoms with Crippen molar-refractivity contribution in [3.05, 3.63) is 0 Å². The Morgan fingerprint density at radius 1 is 1.62 bits per heavy atom. The Morgan fingerprint density at radius 3 is 2.69 bits per heavy atom. The number of nitrogens with two attached hydrogens (primary N) is 1. The number of amides is 1. The lowest BCUT2D eigenvalue weighted by Crippen LogP contribution is -2.55. The van der Waals surface area contributed by atoms with Gasteiger partial charge in [-0.3, -0.25) is 4.79 Å². The summed E-state index contributed by atoms with van der Waals surface area (Å²) in [6.45, 7) is 7.35. The van der Waals surface area contributed by atoms with Crippen molar-refractivity contribution in [2.45, 2.75) is 32.4 Å². The van der Waals surface area contributed by atoms with Gasteiger partial charge in [-0.25, -0.2) is 0 Å². The van der Waals surface area contributed by atoms with Crippen LogP contribution < -0.4 is 5.73 Å². The van der Waals surface area contributed by atoms with E-state index in [2.05, 4.69) is 0 Å². The monoisotopic (exact) mass is 186 g/mol. The van der Waals surface area contributed by atoms with Gasteiger partial charge in [-0.1, -0.05) is 0 Å². The Bertz CT molecular complexity index is 198. The van der Waals surface area contributed by atoms with Gasteiger partial charge in [0.25, 0.3) is 0 Å². The Labute approximate surface area is 79.0 Å². The molecule has 0 aliphatic carbocycles. The van der Waals surface area contributed by atoms with E-state index in [1.165, 1.54) is 0 Å². The number of carbonyl (C=O) groups is 1. The molecular formula is C9H18N2O2. The van der Waals surface area contributed by atoms with E-state index < -0.39 is 5.54 Å². The van der Waals surface area contributed by atoms with Gasteiger partial charge in [0, 0.05) is 13.1 Å². The zero-order valence-electron chi connectivity index (χ0n) is 8.54. The fraction of sp³-hybridized carbons (Fsp3) is 0.889. The van der Waals surface area contributed by atoms with Crippen LogP contribution in [0.4, 0.5) is 0 Å². The molecule has 0 saturated carbocycles. The molecule has 13 heavy (non-hydrogen) atoms. The Balaban J connectivity index is 2.56. The maximum absolute atomic E-state index is 11.7. The molecule has 1 atom stereocenters.